The van der Waals surface area contributed by atoms with Crippen LogP contribution in [0, 0.1) is 0 Å². The Labute approximate surface area is 169 Å². The number of ether oxygens (including phenoxy) is 2. The number of carbonyl (C=O) groups excluding carboxylic acids is 1. The number of imidazole rings is 1. The molecule has 0 fully saturated rings. The van der Waals surface area contributed by atoms with E-state index in [9.17, 15) is 4.79 Å². The minimum absolute atomic E-state index is 0.248. The molecule has 1 heterocycles. The Hall–Kier alpha value is -2.99. The number of nitrogens with one attached hydrogen (secondary N) is 1. The number of halogens is 1. The van der Waals surface area contributed by atoms with Crippen molar-refractivity contribution < 1.29 is 14.3 Å². The molecule has 146 valence electrons. The Kier molecular flexibility index (Phi) is 6.55. The third-order valence-corrected chi connectivity index (χ3v) is 4.44. The largest absolute Gasteiger partial charge is 0.493 e. The first-order valence-corrected chi connectivity index (χ1v) is 9.36. The van der Waals surface area contributed by atoms with Crippen LogP contribution in [0.2, 0.25) is 5.02 Å². The van der Waals surface area contributed by atoms with Gasteiger partial charge in [-0.2, -0.15) is 0 Å². The van der Waals surface area contributed by atoms with Crippen LogP contribution in [0.25, 0.3) is 5.69 Å². The van der Waals surface area contributed by atoms with Crippen LogP contribution in [0.15, 0.2) is 55.1 Å². The van der Waals surface area contributed by atoms with Crippen molar-refractivity contribution in [2.24, 2.45) is 0 Å². The van der Waals surface area contributed by atoms with Gasteiger partial charge in [0.1, 0.15) is 0 Å². The summed E-state index contributed by atoms with van der Waals surface area (Å²) < 4.78 is 12.9. The van der Waals surface area contributed by atoms with Crippen LogP contribution < -0.4 is 14.8 Å². The SMILES string of the molecule is CCCOc1c(Cl)cc(C(=O)NCc2ccccc2-n2ccnc2)cc1OC. The van der Waals surface area contributed by atoms with Crippen molar-refractivity contribution in [1.82, 2.24) is 14.9 Å². The quantitative estimate of drug-likeness (QED) is 0.614. The van der Waals surface area contributed by atoms with Crippen LogP contribution in [-0.4, -0.2) is 29.2 Å². The van der Waals surface area contributed by atoms with Crippen molar-refractivity contribution in [3.63, 3.8) is 0 Å². The van der Waals surface area contributed by atoms with Gasteiger partial charge in [-0.05, 0) is 30.2 Å². The average Bonchev–Trinajstić information content (AvgIpc) is 3.25. The van der Waals surface area contributed by atoms with E-state index in [-0.39, 0.29) is 5.91 Å². The van der Waals surface area contributed by atoms with Crippen LogP contribution in [-0.2, 0) is 6.54 Å². The number of amides is 1. The molecule has 0 radical (unpaired) electrons. The van der Waals surface area contributed by atoms with Gasteiger partial charge < -0.3 is 19.4 Å². The predicted octanol–water partition coefficient (Wildman–Crippen LogP) is 4.25. The second-order valence-corrected chi connectivity index (χ2v) is 6.53. The lowest BCUT2D eigenvalue weighted by atomic mass is 10.1. The predicted molar refractivity (Wildman–Crippen MR) is 109 cm³/mol. The van der Waals surface area contributed by atoms with E-state index < -0.39 is 0 Å². The lowest BCUT2D eigenvalue weighted by molar-refractivity contribution is 0.0950. The summed E-state index contributed by atoms with van der Waals surface area (Å²) in [6.07, 6.45) is 6.14. The maximum Gasteiger partial charge on any atom is 0.251 e. The van der Waals surface area contributed by atoms with Gasteiger partial charge in [-0.1, -0.05) is 36.7 Å². The van der Waals surface area contributed by atoms with Gasteiger partial charge in [0.25, 0.3) is 5.91 Å². The summed E-state index contributed by atoms with van der Waals surface area (Å²) in [6, 6.07) is 11.0. The van der Waals surface area contributed by atoms with E-state index in [1.54, 1.807) is 24.7 Å². The number of carbonyl (C=O) groups is 1. The van der Waals surface area contributed by atoms with Gasteiger partial charge in [-0.25, -0.2) is 4.98 Å². The number of methoxy groups -OCH3 is 1. The van der Waals surface area contributed by atoms with Gasteiger partial charge in [0.05, 0.1) is 30.8 Å². The first-order chi connectivity index (χ1) is 13.6. The average molecular weight is 400 g/mol. The van der Waals surface area contributed by atoms with Gasteiger partial charge >= 0.3 is 0 Å². The zero-order valence-electron chi connectivity index (χ0n) is 15.8. The monoisotopic (exact) mass is 399 g/mol. The maximum atomic E-state index is 12.7. The number of hydrogen-bond donors (Lipinski definition) is 1. The molecule has 0 bridgehead atoms. The maximum absolute atomic E-state index is 12.7. The van der Waals surface area contributed by atoms with E-state index in [1.807, 2.05) is 42.0 Å². The summed E-state index contributed by atoms with van der Waals surface area (Å²) in [7, 11) is 1.52. The van der Waals surface area contributed by atoms with Gasteiger partial charge in [0.2, 0.25) is 0 Å². The summed E-state index contributed by atoms with van der Waals surface area (Å²) in [5.74, 6) is 0.639. The Morgan fingerprint density at radius 2 is 2.11 bits per heavy atom. The third-order valence-electron chi connectivity index (χ3n) is 4.16. The van der Waals surface area contributed by atoms with Crippen LogP contribution in [0.3, 0.4) is 0 Å². The van der Waals surface area contributed by atoms with Gasteiger partial charge in [0, 0.05) is 24.5 Å². The Morgan fingerprint density at radius 3 is 2.82 bits per heavy atom. The topological polar surface area (TPSA) is 65.4 Å². The molecule has 0 aliphatic heterocycles. The molecule has 3 aromatic rings. The highest BCUT2D eigenvalue weighted by molar-refractivity contribution is 6.32. The normalized spacial score (nSPS) is 10.5. The minimum Gasteiger partial charge on any atom is -0.493 e. The van der Waals surface area contributed by atoms with Crippen LogP contribution in [0.5, 0.6) is 11.5 Å². The molecule has 0 aliphatic rings. The molecule has 28 heavy (non-hydrogen) atoms. The Balaban J connectivity index is 1.77. The molecule has 1 N–H and O–H groups in total. The van der Waals surface area contributed by atoms with Crippen molar-refractivity contribution in [1.29, 1.82) is 0 Å². The molecule has 0 aliphatic carbocycles. The number of para-hydroxylation sites is 1. The molecule has 0 saturated carbocycles. The summed E-state index contributed by atoms with van der Waals surface area (Å²) >= 11 is 6.31. The zero-order chi connectivity index (χ0) is 19.9. The summed E-state index contributed by atoms with van der Waals surface area (Å²) in [6.45, 7) is 2.89. The highest BCUT2D eigenvalue weighted by atomic mass is 35.5. The molecular formula is C21H22ClN3O3. The molecule has 2 aromatic carbocycles. The molecular weight excluding hydrogens is 378 g/mol. The van der Waals surface area contributed by atoms with E-state index in [2.05, 4.69) is 10.3 Å². The molecule has 3 rings (SSSR count). The minimum atomic E-state index is -0.248. The molecule has 0 spiro atoms. The summed E-state index contributed by atoms with van der Waals surface area (Å²) in [4.78, 5) is 16.8. The summed E-state index contributed by atoms with van der Waals surface area (Å²) in [5.41, 5.74) is 2.33. The molecule has 1 amide bonds. The Bertz CT molecular complexity index is 942. The summed E-state index contributed by atoms with van der Waals surface area (Å²) in [5, 5.41) is 3.28. The molecule has 1 aromatic heterocycles. The Morgan fingerprint density at radius 1 is 1.29 bits per heavy atom. The van der Waals surface area contributed by atoms with Crippen molar-refractivity contribution in [3.8, 4) is 17.2 Å². The fourth-order valence-electron chi connectivity index (χ4n) is 2.79. The molecule has 0 saturated heterocycles. The van der Waals surface area contributed by atoms with E-state index >= 15 is 0 Å². The number of rotatable bonds is 8. The van der Waals surface area contributed by atoms with Gasteiger partial charge in [-0.15, -0.1) is 0 Å². The number of hydrogen-bond acceptors (Lipinski definition) is 4. The third kappa shape index (κ3) is 4.46. The molecule has 0 unspecified atom stereocenters. The van der Waals surface area contributed by atoms with Crippen molar-refractivity contribution in [2.75, 3.05) is 13.7 Å². The van der Waals surface area contributed by atoms with Gasteiger partial charge in [-0.3, -0.25) is 4.79 Å². The van der Waals surface area contributed by atoms with Gasteiger partial charge in [0.15, 0.2) is 11.5 Å². The number of nitrogens with zero attached hydrogens (tertiary/aromatic N) is 2. The first-order valence-electron chi connectivity index (χ1n) is 8.98. The smallest absolute Gasteiger partial charge is 0.251 e. The van der Waals surface area contributed by atoms with Crippen LogP contribution in [0.4, 0.5) is 0 Å². The highest BCUT2D eigenvalue weighted by Crippen LogP contribution is 2.36. The highest BCUT2D eigenvalue weighted by Gasteiger charge is 2.16. The van der Waals surface area contributed by atoms with E-state index in [0.717, 1.165) is 17.7 Å². The zero-order valence-corrected chi connectivity index (χ0v) is 16.6. The lowest BCUT2D eigenvalue weighted by Gasteiger charge is -2.14. The van der Waals surface area contributed by atoms with E-state index in [0.29, 0.717) is 35.2 Å². The second kappa shape index (κ2) is 9.28. The van der Waals surface area contributed by atoms with Crippen LogP contribution in [0.1, 0.15) is 29.3 Å². The van der Waals surface area contributed by atoms with Crippen molar-refractivity contribution >= 4 is 17.5 Å². The first kappa shape index (κ1) is 19.8. The standard InChI is InChI=1S/C21H22ClN3O3/c1-3-10-28-20-17(22)11-16(12-19(20)27-2)21(26)24-13-15-6-4-5-7-18(15)25-9-8-23-14-25/h4-9,11-12,14H,3,10,13H2,1-2H3,(H,24,26). The molecule has 0 atom stereocenters. The van der Waals surface area contributed by atoms with E-state index in [1.165, 1.54) is 7.11 Å². The lowest BCUT2D eigenvalue weighted by Crippen LogP contribution is -2.23. The van der Waals surface area contributed by atoms with Crippen LogP contribution >= 0.6 is 11.6 Å². The van der Waals surface area contributed by atoms with Crippen molar-refractivity contribution in [3.05, 3.63) is 71.3 Å². The molecule has 7 heteroatoms. The molecule has 6 nitrogen and oxygen atoms in total. The fourth-order valence-corrected chi connectivity index (χ4v) is 3.05. The van der Waals surface area contributed by atoms with E-state index in [4.69, 9.17) is 21.1 Å². The fraction of sp³-hybridized carbons (Fsp3) is 0.238. The number of aromatic nitrogens is 2. The number of benzene rings is 2. The van der Waals surface area contributed by atoms with Crippen molar-refractivity contribution in [2.45, 2.75) is 19.9 Å². The second-order valence-electron chi connectivity index (χ2n) is 6.12.